The Hall–Kier alpha value is -1.36. The van der Waals surface area contributed by atoms with Crippen LogP contribution in [-0.4, -0.2) is 36.4 Å². The van der Waals surface area contributed by atoms with Crippen LogP contribution in [0.4, 0.5) is 0 Å². The Balaban J connectivity index is 2.46. The minimum atomic E-state index is -0.0931. The van der Waals surface area contributed by atoms with Crippen molar-refractivity contribution in [2.45, 2.75) is 0 Å². The molecule has 0 unspecified atom stereocenters. The number of aromatic nitrogens is 1. The number of rotatable bonds is 5. The monoisotopic (exact) mass is 284 g/mol. The van der Waals surface area contributed by atoms with Crippen LogP contribution in [0.25, 0.3) is 0 Å². The maximum atomic E-state index is 11.4. The Bertz CT molecular complexity index is 391. The van der Waals surface area contributed by atoms with Gasteiger partial charge in [0.25, 0.3) is 0 Å². The lowest BCUT2D eigenvalue weighted by molar-refractivity contribution is -0.116. The van der Waals surface area contributed by atoms with Gasteiger partial charge in [0.15, 0.2) is 18.1 Å². The van der Waals surface area contributed by atoms with E-state index in [1.165, 1.54) is 6.08 Å². The number of carbonyl (C=O) groups is 1. The summed E-state index contributed by atoms with van der Waals surface area (Å²) in [6, 6.07) is 3.50. The first kappa shape index (κ1) is 12.7. The van der Waals surface area contributed by atoms with Crippen molar-refractivity contribution in [2.24, 2.45) is 0 Å². The molecular weight excluding hydrogens is 272 g/mol. The van der Waals surface area contributed by atoms with Gasteiger partial charge in [0.05, 0.1) is 0 Å². The molecule has 1 aromatic heterocycles. The van der Waals surface area contributed by atoms with Crippen molar-refractivity contribution >= 4 is 21.7 Å². The molecule has 0 amide bonds. The topological polar surface area (TPSA) is 42.4 Å². The molecule has 16 heavy (non-hydrogen) atoms. The summed E-state index contributed by atoms with van der Waals surface area (Å²) in [5, 5.41) is 0. The van der Waals surface area contributed by atoms with Crippen LogP contribution in [0.1, 0.15) is 0 Å². The van der Waals surface area contributed by atoms with Crippen molar-refractivity contribution in [3.05, 3.63) is 35.2 Å². The maximum absolute atomic E-state index is 11.4. The van der Waals surface area contributed by atoms with Gasteiger partial charge < -0.3 is 9.64 Å². The number of halogens is 1. The average Bonchev–Trinajstić information content (AvgIpc) is 2.25. The number of carbonyl (C=O) groups excluding carboxylic acids is 1. The third-order valence-corrected chi connectivity index (χ3v) is 2.25. The molecule has 0 bridgehead atoms. The van der Waals surface area contributed by atoms with Crippen LogP contribution in [0.3, 0.4) is 0 Å². The van der Waals surface area contributed by atoms with Gasteiger partial charge in [-0.3, -0.25) is 4.79 Å². The van der Waals surface area contributed by atoms with Crippen LogP contribution in [-0.2, 0) is 4.79 Å². The summed E-state index contributed by atoms with van der Waals surface area (Å²) >= 11 is 3.23. The molecule has 0 fully saturated rings. The van der Waals surface area contributed by atoms with Crippen LogP contribution < -0.4 is 4.74 Å². The van der Waals surface area contributed by atoms with E-state index in [-0.39, 0.29) is 12.4 Å². The number of pyridine rings is 1. The fourth-order valence-electron chi connectivity index (χ4n) is 0.908. The summed E-state index contributed by atoms with van der Waals surface area (Å²) < 4.78 is 5.90. The van der Waals surface area contributed by atoms with Crippen LogP contribution in [0.15, 0.2) is 35.2 Å². The van der Waals surface area contributed by atoms with Crippen molar-refractivity contribution in [2.75, 3.05) is 20.7 Å². The average molecular weight is 285 g/mol. The second-order valence-corrected chi connectivity index (χ2v) is 4.08. The van der Waals surface area contributed by atoms with Gasteiger partial charge in [0.1, 0.15) is 4.60 Å². The summed E-state index contributed by atoms with van der Waals surface area (Å²) in [4.78, 5) is 17.1. The van der Waals surface area contributed by atoms with Gasteiger partial charge in [-0.05, 0) is 28.1 Å². The Kier molecular flexibility index (Phi) is 4.98. The van der Waals surface area contributed by atoms with E-state index in [0.717, 1.165) is 0 Å². The van der Waals surface area contributed by atoms with E-state index in [2.05, 4.69) is 20.9 Å². The number of ether oxygens (including phenoxy) is 1. The summed E-state index contributed by atoms with van der Waals surface area (Å²) in [7, 11) is 3.70. The van der Waals surface area contributed by atoms with Crippen molar-refractivity contribution in [1.29, 1.82) is 0 Å². The molecule has 0 radical (unpaired) electrons. The highest BCUT2D eigenvalue weighted by atomic mass is 79.9. The van der Waals surface area contributed by atoms with Crippen molar-refractivity contribution in [3.63, 3.8) is 0 Å². The first-order chi connectivity index (χ1) is 7.59. The SMILES string of the molecule is CN(C)/C=C/C(=O)COc1cccnc1Br. The zero-order valence-corrected chi connectivity index (χ0v) is 10.8. The normalized spacial score (nSPS) is 10.4. The number of hydrogen-bond acceptors (Lipinski definition) is 4. The van der Waals surface area contributed by atoms with E-state index in [9.17, 15) is 4.79 Å². The van der Waals surface area contributed by atoms with Crippen LogP contribution >= 0.6 is 15.9 Å². The highest BCUT2D eigenvalue weighted by Crippen LogP contribution is 2.20. The first-order valence-corrected chi connectivity index (χ1v) is 5.49. The number of nitrogens with zero attached hydrogens (tertiary/aromatic N) is 2. The third-order valence-electron chi connectivity index (χ3n) is 1.65. The minimum absolute atomic E-state index is 0.00856. The van der Waals surface area contributed by atoms with Gasteiger partial charge in [0.2, 0.25) is 0 Å². The molecule has 0 spiro atoms. The molecule has 0 aliphatic rings. The van der Waals surface area contributed by atoms with Gasteiger partial charge in [-0.15, -0.1) is 0 Å². The van der Waals surface area contributed by atoms with Crippen molar-refractivity contribution < 1.29 is 9.53 Å². The molecular formula is C11H13BrN2O2. The predicted octanol–water partition coefficient (Wildman–Crippen LogP) is 1.87. The molecule has 0 atom stereocenters. The highest BCUT2D eigenvalue weighted by Gasteiger charge is 2.03. The molecule has 1 aromatic rings. The second-order valence-electron chi connectivity index (χ2n) is 3.33. The Morgan fingerprint density at radius 1 is 1.62 bits per heavy atom. The zero-order chi connectivity index (χ0) is 12.0. The van der Waals surface area contributed by atoms with Gasteiger partial charge in [-0.2, -0.15) is 0 Å². The lowest BCUT2D eigenvalue weighted by atomic mass is 10.4. The fraction of sp³-hybridized carbons (Fsp3) is 0.273. The van der Waals surface area contributed by atoms with Crippen LogP contribution in [0.2, 0.25) is 0 Å². The summed E-state index contributed by atoms with van der Waals surface area (Å²) in [6.07, 6.45) is 4.80. The lowest BCUT2D eigenvalue weighted by Gasteiger charge is -2.05. The van der Waals surface area contributed by atoms with Gasteiger partial charge in [-0.1, -0.05) is 0 Å². The third kappa shape index (κ3) is 4.44. The Morgan fingerprint density at radius 2 is 2.38 bits per heavy atom. The molecule has 0 saturated heterocycles. The van der Waals surface area contributed by atoms with E-state index < -0.39 is 0 Å². The van der Waals surface area contributed by atoms with Crippen LogP contribution in [0.5, 0.6) is 5.75 Å². The molecule has 0 saturated carbocycles. The molecule has 86 valence electrons. The van der Waals surface area contributed by atoms with Gasteiger partial charge in [-0.25, -0.2) is 4.98 Å². The second kappa shape index (κ2) is 6.27. The molecule has 1 rings (SSSR count). The number of hydrogen-bond donors (Lipinski definition) is 0. The summed E-state index contributed by atoms with van der Waals surface area (Å²) in [5.74, 6) is 0.471. The minimum Gasteiger partial charge on any atom is -0.483 e. The molecule has 1 heterocycles. The van der Waals surface area contributed by atoms with Crippen molar-refractivity contribution in [1.82, 2.24) is 9.88 Å². The van der Waals surface area contributed by atoms with E-state index in [4.69, 9.17) is 4.74 Å². The smallest absolute Gasteiger partial charge is 0.194 e. The van der Waals surface area contributed by atoms with Crippen molar-refractivity contribution in [3.8, 4) is 5.75 Å². The first-order valence-electron chi connectivity index (χ1n) is 4.70. The lowest BCUT2D eigenvalue weighted by Crippen LogP contribution is -2.10. The number of ketones is 1. The molecule has 0 aliphatic heterocycles. The van der Waals surface area contributed by atoms with Gasteiger partial charge in [0, 0.05) is 32.6 Å². The largest absolute Gasteiger partial charge is 0.483 e. The molecule has 0 N–H and O–H groups in total. The molecule has 4 nitrogen and oxygen atoms in total. The Morgan fingerprint density at radius 3 is 3.00 bits per heavy atom. The molecule has 0 aliphatic carbocycles. The van der Waals surface area contributed by atoms with E-state index in [1.54, 1.807) is 29.4 Å². The fourth-order valence-corrected chi connectivity index (χ4v) is 1.27. The van der Waals surface area contributed by atoms with E-state index in [0.29, 0.717) is 10.4 Å². The molecule has 0 aromatic carbocycles. The van der Waals surface area contributed by atoms with Crippen LogP contribution in [0, 0.1) is 0 Å². The Labute approximate surface area is 103 Å². The van der Waals surface area contributed by atoms with Gasteiger partial charge >= 0.3 is 0 Å². The zero-order valence-electron chi connectivity index (χ0n) is 9.18. The van der Waals surface area contributed by atoms with E-state index >= 15 is 0 Å². The predicted molar refractivity (Wildman–Crippen MR) is 65.3 cm³/mol. The maximum Gasteiger partial charge on any atom is 0.194 e. The van der Waals surface area contributed by atoms with E-state index in [1.807, 2.05) is 14.1 Å². The summed E-state index contributed by atoms with van der Waals surface area (Å²) in [6.45, 7) is 0.00856. The molecule has 5 heteroatoms. The standard InChI is InChI=1S/C11H13BrN2O2/c1-14(2)7-5-9(15)8-16-10-4-3-6-13-11(10)12/h3-7H,8H2,1-2H3/b7-5+. The quantitative estimate of drug-likeness (QED) is 0.612. The summed E-state index contributed by atoms with van der Waals surface area (Å²) in [5.41, 5.74) is 0. The highest BCUT2D eigenvalue weighted by molar-refractivity contribution is 9.10.